The lowest BCUT2D eigenvalue weighted by Crippen LogP contribution is -2.17. The molecule has 1 aliphatic heterocycles. The average molecular weight is 303 g/mol. The van der Waals surface area contributed by atoms with Gasteiger partial charge in [0.25, 0.3) is 0 Å². The van der Waals surface area contributed by atoms with Crippen LogP contribution >= 0.6 is 11.3 Å². The highest BCUT2D eigenvalue weighted by atomic mass is 32.1. The number of hydrogen-bond donors (Lipinski definition) is 1. The van der Waals surface area contributed by atoms with E-state index in [9.17, 15) is 0 Å². The monoisotopic (exact) mass is 303 g/mol. The number of nitrogens with one attached hydrogen (secondary N) is 1. The van der Waals surface area contributed by atoms with E-state index >= 15 is 0 Å². The van der Waals surface area contributed by atoms with E-state index in [0.29, 0.717) is 6.04 Å². The zero-order valence-corrected chi connectivity index (χ0v) is 13.5. The van der Waals surface area contributed by atoms with E-state index in [1.54, 1.807) is 18.4 Å². The number of fused-ring (bicyclic) bond motifs is 1. The van der Waals surface area contributed by atoms with Crippen LogP contribution in [0.15, 0.2) is 29.6 Å². The molecule has 1 unspecified atom stereocenters. The van der Waals surface area contributed by atoms with Gasteiger partial charge >= 0.3 is 0 Å². The summed E-state index contributed by atoms with van der Waals surface area (Å²) in [5, 5.41) is 5.66. The smallest absolute Gasteiger partial charge is 0.123 e. The first kappa shape index (κ1) is 14.4. The van der Waals surface area contributed by atoms with Crippen LogP contribution in [0.3, 0.4) is 0 Å². The van der Waals surface area contributed by atoms with Crippen molar-refractivity contribution >= 4 is 11.3 Å². The van der Waals surface area contributed by atoms with Crippen LogP contribution < -0.4 is 14.8 Å². The molecule has 112 valence electrons. The predicted octanol–water partition coefficient (Wildman–Crippen LogP) is 3.93. The topological polar surface area (TPSA) is 30.5 Å². The highest BCUT2D eigenvalue weighted by Gasteiger charge is 2.21. The average Bonchev–Trinajstić information content (AvgIpc) is 3.11. The lowest BCUT2D eigenvalue weighted by Gasteiger charge is -2.15. The highest BCUT2D eigenvalue weighted by molar-refractivity contribution is 7.10. The largest absolute Gasteiger partial charge is 0.496 e. The first-order valence-electron chi connectivity index (χ1n) is 7.30. The minimum absolute atomic E-state index is 0.262. The Bertz CT molecular complexity index is 610. The fourth-order valence-corrected chi connectivity index (χ4v) is 3.47. The van der Waals surface area contributed by atoms with Crippen LogP contribution in [-0.2, 0) is 13.0 Å². The second-order valence-electron chi connectivity index (χ2n) is 5.52. The molecule has 3 nitrogen and oxygen atoms in total. The minimum Gasteiger partial charge on any atom is -0.496 e. The lowest BCUT2D eigenvalue weighted by atomic mass is 10.1. The summed E-state index contributed by atoms with van der Waals surface area (Å²) in [5.74, 6) is 1.95. The molecular formula is C17H21NO2S. The van der Waals surface area contributed by atoms with Gasteiger partial charge in [0.05, 0.1) is 7.11 Å². The van der Waals surface area contributed by atoms with Gasteiger partial charge in [0.1, 0.15) is 17.6 Å². The summed E-state index contributed by atoms with van der Waals surface area (Å²) in [6.45, 7) is 5.06. The fourth-order valence-electron chi connectivity index (χ4n) is 2.71. The molecule has 0 saturated carbocycles. The number of methoxy groups -OCH3 is 1. The van der Waals surface area contributed by atoms with E-state index in [4.69, 9.17) is 9.47 Å². The van der Waals surface area contributed by atoms with Crippen molar-refractivity contribution in [2.45, 2.75) is 39.0 Å². The molecule has 2 atom stereocenters. The fraction of sp³-hybridized carbons (Fsp3) is 0.412. The minimum atomic E-state index is 0.262. The van der Waals surface area contributed by atoms with Crippen molar-refractivity contribution in [2.24, 2.45) is 0 Å². The van der Waals surface area contributed by atoms with E-state index in [-0.39, 0.29) is 6.10 Å². The van der Waals surface area contributed by atoms with Crippen molar-refractivity contribution in [3.05, 3.63) is 45.6 Å². The Kier molecular flexibility index (Phi) is 4.17. The molecule has 1 aromatic heterocycles. The van der Waals surface area contributed by atoms with Gasteiger partial charge in [-0.2, -0.15) is 0 Å². The van der Waals surface area contributed by atoms with E-state index in [0.717, 1.165) is 30.0 Å². The number of benzene rings is 1. The first-order chi connectivity index (χ1) is 10.2. The molecule has 2 heterocycles. The van der Waals surface area contributed by atoms with Gasteiger partial charge in [-0.3, -0.25) is 0 Å². The molecule has 1 N–H and O–H groups in total. The van der Waals surface area contributed by atoms with Crippen LogP contribution in [0.25, 0.3) is 0 Å². The van der Waals surface area contributed by atoms with Crippen LogP contribution in [0.1, 0.15) is 35.9 Å². The molecule has 21 heavy (non-hydrogen) atoms. The van der Waals surface area contributed by atoms with Crippen LogP contribution in [0.2, 0.25) is 0 Å². The summed E-state index contributed by atoms with van der Waals surface area (Å²) < 4.78 is 11.4. The first-order valence-corrected chi connectivity index (χ1v) is 8.18. The second kappa shape index (κ2) is 6.08. The summed E-state index contributed by atoms with van der Waals surface area (Å²) >= 11 is 1.78. The van der Waals surface area contributed by atoms with Crippen molar-refractivity contribution in [2.75, 3.05) is 7.11 Å². The maximum Gasteiger partial charge on any atom is 0.123 e. The maximum atomic E-state index is 5.84. The Morgan fingerprint density at radius 1 is 1.48 bits per heavy atom. The van der Waals surface area contributed by atoms with Crippen LogP contribution in [-0.4, -0.2) is 13.2 Å². The molecule has 0 saturated heterocycles. The van der Waals surface area contributed by atoms with Crippen molar-refractivity contribution < 1.29 is 9.47 Å². The molecule has 0 spiro atoms. The Hall–Kier alpha value is -1.52. The zero-order chi connectivity index (χ0) is 14.8. The molecule has 0 amide bonds. The number of hydrogen-bond acceptors (Lipinski definition) is 4. The van der Waals surface area contributed by atoms with E-state index in [1.165, 1.54) is 10.4 Å². The van der Waals surface area contributed by atoms with Crippen LogP contribution in [0.5, 0.6) is 11.5 Å². The molecule has 0 fully saturated rings. The molecule has 3 rings (SSSR count). The number of thiophene rings is 1. The molecule has 2 aromatic rings. The normalized spacial score (nSPS) is 18.1. The third kappa shape index (κ3) is 3.06. The van der Waals surface area contributed by atoms with E-state index in [2.05, 4.69) is 48.8 Å². The van der Waals surface area contributed by atoms with Gasteiger partial charge in [0, 0.05) is 35.0 Å². The summed E-state index contributed by atoms with van der Waals surface area (Å²) in [6.07, 6.45) is 1.23. The number of ether oxygens (including phenoxy) is 2. The molecule has 1 aliphatic rings. The number of rotatable bonds is 5. The quantitative estimate of drug-likeness (QED) is 0.908. The van der Waals surface area contributed by atoms with Crippen LogP contribution in [0, 0.1) is 0 Å². The summed E-state index contributed by atoms with van der Waals surface area (Å²) in [5.41, 5.74) is 2.39. The van der Waals surface area contributed by atoms with Gasteiger partial charge in [-0.25, -0.2) is 0 Å². The standard InChI is InChI=1S/C17H21NO2S/c1-11-7-13-8-15(19-3)14(9-16(13)20-11)10-18-12(2)17-5-4-6-21-17/h4-6,8-9,11-12,18H,7,10H2,1-3H3/t11?,12-/m1/s1. The Morgan fingerprint density at radius 3 is 3.05 bits per heavy atom. The van der Waals surface area contributed by atoms with Gasteiger partial charge < -0.3 is 14.8 Å². The van der Waals surface area contributed by atoms with E-state index in [1.807, 2.05) is 0 Å². The summed E-state index contributed by atoms with van der Waals surface area (Å²) in [7, 11) is 1.73. The summed E-state index contributed by atoms with van der Waals surface area (Å²) in [6, 6.07) is 8.82. The van der Waals surface area contributed by atoms with Gasteiger partial charge in [-0.1, -0.05) is 6.07 Å². The molecule has 0 bridgehead atoms. The van der Waals surface area contributed by atoms with Gasteiger partial charge in [-0.05, 0) is 37.4 Å². The molecule has 4 heteroatoms. The van der Waals surface area contributed by atoms with Crippen molar-refractivity contribution in [3.63, 3.8) is 0 Å². The third-order valence-electron chi connectivity index (χ3n) is 3.87. The summed E-state index contributed by atoms with van der Waals surface area (Å²) in [4.78, 5) is 1.35. The SMILES string of the molecule is COc1cc2c(cc1CN[C@H](C)c1cccs1)OC(C)C2. The highest BCUT2D eigenvalue weighted by Crippen LogP contribution is 2.35. The second-order valence-corrected chi connectivity index (χ2v) is 6.50. The molecular weight excluding hydrogens is 282 g/mol. The Labute approximate surface area is 129 Å². The molecule has 0 aliphatic carbocycles. The van der Waals surface area contributed by atoms with Crippen molar-refractivity contribution in [1.29, 1.82) is 0 Å². The van der Waals surface area contributed by atoms with Crippen molar-refractivity contribution in [3.8, 4) is 11.5 Å². The van der Waals surface area contributed by atoms with Gasteiger partial charge in [0.2, 0.25) is 0 Å². The maximum absolute atomic E-state index is 5.84. The Balaban J connectivity index is 1.74. The third-order valence-corrected chi connectivity index (χ3v) is 4.92. The molecule has 1 aromatic carbocycles. The van der Waals surface area contributed by atoms with Gasteiger partial charge in [0.15, 0.2) is 0 Å². The Morgan fingerprint density at radius 2 is 2.33 bits per heavy atom. The lowest BCUT2D eigenvalue weighted by molar-refractivity contribution is 0.254. The van der Waals surface area contributed by atoms with Gasteiger partial charge in [-0.15, -0.1) is 11.3 Å². The van der Waals surface area contributed by atoms with E-state index < -0.39 is 0 Å². The van der Waals surface area contributed by atoms with Crippen LogP contribution in [0.4, 0.5) is 0 Å². The zero-order valence-electron chi connectivity index (χ0n) is 12.7. The predicted molar refractivity (Wildman–Crippen MR) is 86.4 cm³/mol. The van der Waals surface area contributed by atoms with Crippen molar-refractivity contribution in [1.82, 2.24) is 5.32 Å². The molecule has 0 radical (unpaired) electrons.